The molecule has 3 aliphatic rings. The van der Waals surface area contributed by atoms with Gasteiger partial charge in [0, 0.05) is 0 Å². The molecule has 0 aromatic rings. The topological polar surface area (TPSA) is 9.23 Å². The van der Waals surface area contributed by atoms with Gasteiger partial charge in [-0.2, -0.15) is 0 Å². The van der Waals surface area contributed by atoms with Crippen LogP contribution in [0.15, 0.2) is 0 Å². The predicted octanol–water partition coefficient (Wildman–Crippen LogP) is 9.15. The molecule has 0 spiro atoms. The van der Waals surface area contributed by atoms with Crippen LogP contribution in [0.3, 0.4) is 0 Å². The lowest BCUT2D eigenvalue weighted by atomic mass is 9.65. The van der Waals surface area contributed by atoms with Crippen molar-refractivity contribution in [2.75, 3.05) is 0 Å². The predicted molar refractivity (Wildman–Crippen MR) is 131 cm³/mol. The van der Waals surface area contributed by atoms with Crippen molar-refractivity contribution >= 4 is 0 Å². The number of halogens is 2. The van der Waals surface area contributed by atoms with Crippen molar-refractivity contribution in [1.82, 2.24) is 0 Å². The summed E-state index contributed by atoms with van der Waals surface area (Å²) in [6.07, 6.45) is 16.2. The van der Waals surface area contributed by atoms with E-state index in [0.29, 0.717) is 12.8 Å². The number of rotatable bonds is 11. The quantitative estimate of drug-likeness (QED) is 0.284. The summed E-state index contributed by atoms with van der Waals surface area (Å²) >= 11 is 0. The monoisotopic (exact) mass is 452 g/mol. The van der Waals surface area contributed by atoms with Crippen molar-refractivity contribution in [3.63, 3.8) is 0 Å². The number of alkyl halides is 2. The van der Waals surface area contributed by atoms with Gasteiger partial charge < -0.3 is 4.74 Å². The first kappa shape index (κ1) is 26.4. The first-order chi connectivity index (χ1) is 15.5. The minimum atomic E-state index is -1.16. The van der Waals surface area contributed by atoms with Crippen molar-refractivity contribution in [2.24, 2.45) is 17.8 Å². The van der Waals surface area contributed by atoms with Crippen molar-refractivity contribution in [1.29, 1.82) is 0 Å². The second-order valence-electron chi connectivity index (χ2n) is 11.3. The van der Waals surface area contributed by atoms with Gasteiger partial charge in [-0.1, -0.05) is 52.4 Å². The first-order valence-corrected chi connectivity index (χ1v) is 14.1. The van der Waals surface area contributed by atoms with Crippen LogP contribution in [0.5, 0.6) is 0 Å². The lowest BCUT2D eigenvalue weighted by Crippen LogP contribution is -2.45. The molecule has 0 saturated heterocycles. The van der Waals surface area contributed by atoms with Crippen LogP contribution in [0.25, 0.3) is 0 Å². The third kappa shape index (κ3) is 7.67. The van der Waals surface area contributed by atoms with Crippen LogP contribution in [-0.2, 0) is 4.74 Å². The molecule has 1 nitrogen and oxygen atoms in total. The average molecular weight is 453 g/mol. The highest BCUT2D eigenvalue weighted by Crippen LogP contribution is 2.48. The lowest BCUT2D eigenvalue weighted by molar-refractivity contribution is -0.110. The molecule has 0 aromatic heterocycles. The summed E-state index contributed by atoms with van der Waals surface area (Å²) in [7, 11) is 0. The molecule has 3 heteroatoms. The minimum absolute atomic E-state index is 0.0440. The molecule has 0 bridgehead atoms. The van der Waals surface area contributed by atoms with Crippen molar-refractivity contribution in [3.05, 3.63) is 11.8 Å². The van der Waals surface area contributed by atoms with Crippen LogP contribution in [0.4, 0.5) is 8.78 Å². The molecule has 2 radical (unpaired) electrons. The Hall–Kier alpha value is -0.180. The zero-order valence-corrected chi connectivity index (χ0v) is 21.2. The fraction of sp³-hybridized carbons (Fsp3) is 0.931. The van der Waals surface area contributed by atoms with Gasteiger partial charge in [-0.25, -0.2) is 8.78 Å². The van der Waals surface area contributed by atoms with E-state index in [1.165, 1.54) is 76.5 Å². The van der Waals surface area contributed by atoms with E-state index in [1.54, 1.807) is 0 Å². The molecular formula is C29H50F2O. The molecule has 32 heavy (non-hydrogen) atoms. The van der Waals surface area contributed by atoms with Crippen LogP contribution in [0.1, 0.15) is 130 Å². The van der Waals surface area contributed by atoms with Crippen LogP contribution in [-0.4, -0.2) is 24.6 Å². The SMILES string of the molecule is CCCCCCC(C)OC1C(F)CC([C]2CCC([C]3CCC(CCC)CC3)CC2)CC1F. The Balaban J connectivity index is 1.38. The Morgan fingerprint density at radius 3 is 1.97 bits per heavy atom. The van der Waals surface area contributed by atoms with Gasteiger partial charge in [-0.3, -0.25) is 0 Å². The molecule has 3 fully saturated rings. The van der Waals surface area contributed by atoms with Crippen molar-refractivity contribution < 1.29 is 13.5 Å². The van der Waals surface area contributed by atoms with E-state index in [9.17, 15) is 8.78 Å². The molecule has 186 valence electrons. The summed E-state index contributed by atoms with van der Waals surface area (Å²) < 4.78 is 35.9. The standard InChI is InChI=1S/C29H50F2O/c1-4-6-7-8-10-21(3)32-29-27(30)19-26(20-28(29)31)25-17-15-24(16-18-25)23-13-11-22(9-5-2)12-14-23/h21-22,24,26-29H,4-20H2,1-3H3. The molecular weight excluding hydrogens is 402 g/mol. The Bertz CT molecular complexity index is 483. The van der Waals surface area contributed by atoms with E-state index >= 15 is 0 Å². The van der Waals surface area contributed by atoms with Gasteiger partial charge in [0.1, 0.15) is 18.4 Å². The van der Waals surface area contributed by atoms with Gasteiger partial charge in [-0.05, 0) is 107 Å². The molecule has 3 aliphatic carbocycles. The van der Waals surface area contributed by atoms with Gasteiger partial charge in [0.15, 0.2) is 0 Å². The molecule has 0 aliphatic heterocycles. The number of ether oxygens (including phenoxy) is 1. The van der Waals surface area contributed by atoms with Crippen molar-refractivity contribution in [3.8, 4) is 0 Å². The zero-order valence-electron chi connectivity index (χ0n) is 21.2. The molecule has 3 atom stereocenters. The van der Waals surface area contributed by atoms with Crippen LogP contribution in [0, 0.1) is 29.6 Å². The normalized spacial score (nSPS) is 32.9. The van der Waals surface area contributed by atoms with E-state index < -0.39 is 18.4 Å². The molecule has 3 unspecified atom stereocenters. The highest BCUT2D eigenvalue weighted by Gasteiger charge is 2.43. The fourth-order valence-electron chi connectivity index (χ4n) is 6.79. The molecule has 0 aromatic carbocycles. The van der Waals surface area contributed by atoms with Crippen LogP contribution < -0.4 is 0 Å². The smallest absolute Gasteiger partial charge is 0.129 e. The third-order valence-electron chi connectivity index (χ3n) is 8.81. The van der Waals surface area contributed by atoms with E-state index in [0.717, 1.165) is 37.5 Å². The van der Waals surface area contributed by atoms with Gasteiger partial charge in [0.25, 0.3) is 0 Å². The second-order valence-corrected chi connectivity index (χ2v) is 11.3. The summed E-state index contributed by atoms with van der Waals surface area (Å²) in [5.74, 6) is 5.13. The second kappa shape index (κ2) is 13.6. The van der Waals surface area contributed by atoms with Crippen molar-refractivity contribution in [2.45, 2.75) is 154 Å². The maximum absolute atomic E-state index is 15.0. The molecule has 3 saturated carbocycles. The maximum atomic E-state index is 15.0. The Labute approximate surface area is 197 Å². The minimum Gasteiger partial charge on any atom is -0.369 e. The van der Waals surface area contributed by atoms with Crippen LogP contribution in [0.2, 0.25) is 0 Å². The zero-order chi connectivity index (χ0) is 22.9. The average Bonchev–Trinajstić information content (AvgIpc) is 2.80. The maximum Gasteiger partial charge on any atom is 0.129 e. The Morgan fingerprint density at radius 2 is 1.38 bits per heavy atom. The van der Waals surface area contributed by atoms with E-state index in [2.05, 4.69) is 13.8 Å². The molecule has 0 N–H and O–H groups in total. The third-order valence-corrected chi connectivity index (χ3v) is 8.81. The number of hydrogen-bond donors (Lipinski definition) is 0. The molecule has 0 amide bonds. The summed E-state index contributed by atoms with van der Waals surface area (Å²) in [5, 5.41) is 0. The van der Waals surface area contributed by atoms with E-state index in [-0.39, 0.29) is 12.0 Å². The van der Waals surface area contributed by atoms with E-state index in [4.69, 9.17) is 4.74 Å². The summed E-state index contributed by atoms with van der Waals surface area (Å²) in [6.45, 7) is 6.49. The lowest BCUT2D eigenvalue weighted by Gasteiger charge is -2.42. The molecule has 0 heterocycles. The number of unbranched alkanes of at least 4 members (excludes halogenated alkanes) is 3. The van der Waals surface area contributed by atoms with Crippen LogP contribution >= 0.6 is 0 Å². The van der Waals surface area contributed by atoms with E-state index in [1.807, 2.05) is 12.8 Å². The summed E-state index contributed by atoms with van der Waals surface area (Å²) in [4.78, 5) is 0. The fourth-order valence-corrected chi connectivity index (χ4v) is 6.79. The summed E-state index contributed by atoms with van der Waals surface area (Å²) in [5.41, 5.74) is 0. The highest BCUT2D eigenvalue weighted by atomic mass is 19.1. The number of hydrogen-bond acceptors (Lipinski definition) is 1. The van der Waals surface area contributed by atoms with Gasteiger partial charge in [-0.15, -0.1) is 0 Å². The van der Waals surface area contributed by atoms with Gasteiger partial charge >= 0.3 is 0 Å². The Kier molecular flexibility index (Phi) is 11.3. The highest BCUT2D eigenvalue weighted by molar-refractivity contribution is 5.10. The Morgan fingerprint density at radius 1 is 0.781 bits per heavy atom. The molecule has 3 rings (SSSR count). The largest absolute Gasteiger partial charge is 0.369 e. The van der Waals surface area contributed by atoms with Gasteiger partial charge in [0.05, 0.1) is 6.10 Å². The summed E-state index contributed by atoms with van der Waals surface area (Å²) in [6, 6.07) is 0. The van der Waals surface area contributed by atoms with Gasteiger partial charge in [0.2, 0.25) is 0 Å². The first-order valence-electron chi connectivity index (χ1n) is 14.1.